The van der Waals surface area contributed by atoms with Crippen molar-refractivity contribution in [3.8, 4) is 5.75 Å². The van der Waals surface area contributed by atoms with Gasteiger partial charge in [0.1, 0.15) is 11.9 Å². The number of hydrogen-bond acceptors (Lipinski definition) is 4. The van der Waals surface area contributed by atoms with Crippen LogP contribution in [0.3, 0.4) is 0 Å². The smallest absolute Gasteiger partial charge is 0.130 e. The molecule has 2 heterocycles. The van der Waals surface area contributed by atoms with Crippen LogP contribution in [0.4, 0.5) is 0 Å². The quantitative estimate of drug-likeness (QED) is 0.240. The third-order valence-corrected chi connectivity index (χ3v) is 8.41. The molecule has 202 valence electrons. The summed E-state index contributed by atoms with van der Waals surface area (Å²) < 4.78 is 5.51. The van der Waals surface area contributed by atoms with Gasteiger partial charge in [-0.3, -0.25) is 15.2 Å². The average molecular weight is 536 g/mol. The minimum atomic E-state index is -0.177. The summed E-state index contributed by atoms with van der Waals surface area (Å²) in [5.74, 6) is 0.907. The van der Waals surface area contributed by atoms with Gasteiger partial charge in [0.05, 0.1) is 19.0 Å². The maximum absolute atomic E-state index is 5.65. The van der Waals surface area contributed by atoms with Gasteiger partial charge in [-0.25, -0.2) is 0 Å². The van der Waals surface area contributed by atoms with Crippen LogP contribution in [-0.4, -0.2) is 17.7 Å². The first-order valence-electron chi connectivity index (χ1n) is 14.3. The molecule has 1 saturated heterocycles. The van der Waals surface area contributed by atoms with Crippen LogP contribution in [0.25, 0.3) is 0 Å². The lowest BCUT2D eigenvalue weighted by Gasteiger charge is -2.56. The van der Waals surface area contributed by atoms with E-state index in [4.69, 9.17) is 9.73 Å². The summed E-state index contributed by atoms with van der Waals surface area (Å²) in [6.45, 7) is 0. The summed E-state index contributed by atoms with van der Waals surface area (Å²) in [6, 6.07) is 51.8. The van der Waals surface area contributed by atoms with E-state index in [1.807, 2.05) is 12.1 Å². The zero-order valence-corrected chi connectivity index (χ0v) is 23.0. The Balaban J connectivity index is 1.51. The Morgan fingerprint density at radius 3 is 1.66 bits per heavy atom. The standard InChI is InChI=1S/C37H33N3O/c1-41-31-24-22-27(23-25-31)34-32-33(26-14-6-2-7-15-26)38-36(29-18-10-4-11-19-29)40(35(32)28-16-8-3-9-17-28)37(39-34)30-20-12-5-13-21-30/h2-25,32-33,35-38H,1H3/t32-,33+,35-,36+,37+/m1/s1. The molecule has 5 aromatic rings. The van der Waals surface area contributed by atoms with Crippen molar-refractivity contribution in [2.24, 2.45) is 10.9 Å². The fourth-order valence-electron chi connectivity index (χ4n) is 6.57. The largest absolute Gasteiger partial charge is 0.497 e. The second kappa shape index (κ2) is 11.2. The molecule has 2 aliphatic rings. The molecule has 0 saturated carbocycles. The van der Waals surface area contributed by atoms with Gasteiger partial charge in [-0.1, -0.05) is 121 Å². The van der Waals surface area contributed by atoms with Crippen molar-refractivity contribution < 1.29 is 4.74 Å². The maximum atomic E-state index is 5.65. The van der Waals surface area contributed by atoms with Crippen LogP contribution in [0.2, 0.25) is 0 Å². The third-order valence-electron chi connectivity index (χ3n) is 8.41. The van der Waals surface area contributed by atoms with Crippen LogP contribution in [-0.2, 0) is 0 Å². The molecule has 2 aliphatic heterocycles. The molecule has 6 atom stereocenters. The predicted molar refractivity (Wildman–Crippen MR) is 165 cm³/mol. The molecule has 41 heavy (non-hydrogen) atoms. The summed E-state index contributed by atoms with van der Waals surface area (Å²) in [4.78, 5) is 8.25. The monoisotopic (exact) mass is 535 g/mol. The van der Waals surface area contributed by atoms with Crippen LogP contribution in [0.5, 0.6) is 5.75 Å². The Morgan fingerprint density at radius 2 is 1.10 bits per heavy atom. The van der Waals surface area contributed by atoms with Crippen molar-refractivity contribution in [2.45, 2.75) is 24.4 Å². The Bertz CT molecular complexity index is 1610. The lowest BCUT2D eigenvalue weighted by atomic mass is 9.73. The summed E-state index contributed by atoms with van der Waals surface area (Å²) in [5.41, 5.74) is 7.20. The van der Waals surface area contributed by atoms with Crippen LogP contribution < -0.4 is 10.1 Å². The van der Waals surface area contributed by atoms with Gasteiger partial charge >= 0.3 is 0 Å². The second-order valence-electron chi connectivity index (χ2n) is 10.7. The van der Waals surface area contributed by atoms with E-state index in [0.29, 0.717) is 0 Å². The van der Waals surface area contributed by atoms with Crippen molar-refractivity contribution in [3.05, 3.63) is 173 Å². The van der Waals surface area contributed by atoms with Crippen molar-refractivity contribution >= 4 is 5.71 Å². The normalized spacial score (nSPS) is 25.2. The van der Waals surface area contributed by atoms with Gasteiger partial charge in [-0.05, 0) is 52.1 Å². The predicted octanol–water partition coefficient (Wildman–Crippen LogP) is 7.90. The van der Waals surface area contributed by atoms with E-state index in [2.05, 4.69) is 144 Å². The van der Waals surface area contributed by atoms with Crippen LogP contribution >= 0.6 is 0 Å². The number of hydrogen-bond donors (Lipinski definition) is 1. The molecule has 1 N–H and O–H groups in total. The maximum Gasteiger partial charge on any atom is 0.130 e. The molecule has 1 unspecified atom stereocenters. The summed E-state index contributed by atoms with van der Waals surface area (Å²) in [6.07, 6.45) is -0.224. The van der Waals surface area contributed by atoms with Crippen LogP contribution in [0.15, 0.2) is 151 Å². The van der Waals surface area contributed by atoms with Crippen LogP contribution in [0, 0.1) is 5.92 Å². The van der Waals surface area contributed by atoms with Gasteiger partial charge in [-0.15, -0.1) is 0 Å². The number of fused-ring (bicyclic) bond motifs is 2. The van der Waals surface area contributed by atoms with Gasteiger partial charge < -0.3 is 4.74 Å². The first-order valence-corrected chi connectivity index (χ1v) is 14.3. The van der Waals surface area contributed by atoms with Crippen molar-refractivity contribution in [1.29, 1.82) is 0 Å². The van der Waals surface area contributed by atoms with Crippen LogP contribution in [0.1, 0.15) is 52.2 Å². The lowest BCUT2D eigenvalue weighted by Crippen LogP contribution is -2.58. The fourth-order valence-corrected chi connectivity index (χ4v) is 6.57. The Kier molecular flexibility index (Phi) is 6.93. The van der Waals surface area contributed by atoms with Crippen molar-refractivity contribution in [1.82, 2.24) is 10.2 Å². The molecule has 0 amide bonds. The molecule has 2 bridgehead atoms. The average Bonchev–Trinajstić information content (AvgIpc) is 3.06. The molecule has 0 aliphatic carbocycles. The Morgan fingerprint density at radius 1 is 0.585 bits per heavy atom. The fraction of sp³-hybridized carbons (Fsp3) is 0.162. The number of ether oxygens (including phenoxy) is 1. The van der Waals surface area contributed by atoms with Gasteiger partial charge in [0.15, 0.2) is 0 Å². The first-order chi connectivity index (χ1) is 20.3. The van der Waals surface area contributed by atoms with E-state index in [0.717, 1.165) is 17.0 Å². The number of methoxy groups -OCH3 is 1. The van der Waals surface area contributed by atoms with Gasteiger partial charge in [0, 0.05) is 18.0 Å². The molecule has 4 heteroatoms. The SMILES string of the molecule is COc1ccc(C2=N[C@H](c3ccccc3)N3[C@@H](c4ccccc4)N[C@@H](c4ccccc4)[C@H]2[C@H]3c2ccccc2)cc1. The molecular weight excluding hydrogens is 502 g/mol. The third kappa shape index (κ3) is 4.76. The second-order valence-corrected chi connectivity index (χ2v) is 10.7. The molecule has 0 radical (unpaired) electrons. The molecule has 0 spiro atoms. The highest BCUT2D eigenvalue weighted by atomic mass is 16.5. The number of benzene rings is 5. The molecule has 4 nitrogen and oxygen atoms in total. The number of nitrogens with one attached hydrogen (secondary N) is 1. The van der Waals surface area contributed by atoms with Crippen molar-refractivity contribution in [2.75, 3.05) is 7.11 Å². The molecule has 7 rings (SSSR count). The summed E-state index contributed by atoms with van der Waals surface area (Å²) >= 11 is 0. The van der Waals surface area contributed by atoms with E-state index >= 15 is 0 Å². The van der Waals surface area contributed by atoms with Gasteiger partial charge in [0.25, 0.3) is 0 Å². The number of rotatable bonds is 6. The van der Waals surface area contributed by atoms with E-state index in [1.54, 1.807) is 7.11 Å². The number of aliphatic imine (C=N–C) groups is 1. The molecular formula is C37H33N3O. The van der Waals surface area contributed by atoms with Gasteiger partial charge in [-0.2, -0.15) is 0 Å². The molecule has 5 aromatic carbocycles. The van der Waals surface area contributed by atoms with Crippen molar-refractivity contribution in [3.63, 3.8) is 0 Å². The minimum Gasteiger partial charge on any atom is -0.497 e. The highest BCUT2D eigenvalue weighted by molar-refractivity contribution is 6.04. The summed E-state index contributed by atoms with van der Waals surface area (Å²) in [5, 5.41) is 4.13. The first kappa shape index (κ1) is 25.5. The molecule has 0 aromatic heterocycles. The topological polar surface area (TPSA) is 36.9 Å². The minimum absolute atomic E-state index is 0.0421. The Hall–Kier alpha value is -4.51. The zero-order chi connectivity index (χ0) is 27.6. The summed E-state index contributed by atoms with van der Waals surface area (Å²) in [7, 11) is 1.71. The lowest BCUT2D eigenvalue weighted by molar-refractivity contribution is -0.0257. The highest BCUT2D eigenvalue weighted by Crippen LogP contribution is 2.54. The van der Waals surface area contributed by atoms with E-state index < -0.39 is 0 Å². The number of nitrogens with zero attached hydrogens (tertiary/aromatic N) is 2. The van der Waals surface area contributed by atoms with E-state index in [9.17, 15) is 0 Å². The van der Waals surface area contributed by atoms with E-state index in [1.165, 1.54) is 22.3 Å². The zero-order valence-electron chi connectivity index (χ0n) is 23.0. The van der Waals surface area contributed by atoms with E-state index in [-0.39, 0.29) is 30.3 Å². The highest BCUT2D eigenvalue weighted by Gasteiger charge is 2.52. The molecule has 1 fully saturated rings. The Labute approximate surface area is 242 Å². The van der Waals surface area contributed by atoms with Gasteiger partial charge in [0.2, 0.25) is 0 Å².